The highest BCUT2D eigenvalue weighted by Gasteiger charge is 2.20. The molecule has 1 N–H and O–H groups in total. The van der Waals surface area contributed by atoms with Crippen LogP contribution in [-0.2, 0) is 6.54 Å². The Hall–Kier alpha value is -2.25. The number of piperazine rings is 1. The second-order valence-electron chi connectivity index (χ2n) is 7.48. The zero-order chi connectivity index (χ0) is 20.5. The number of benzene rings is 1. The maximum Gasteiger partial charge on any atom is 0.194 e. The lowest BCUT2D eigenvalue weighted by molar-refractivity contribution is 0.281. The van der Waals surface area contributed by atoms with Crippen molar-refractivity contribution in [1.82, 2.24) is 15.1 Å². The molecule has 3 rings (SSSR count). The molecular formula is C22H33N5OS. The first-order chi connectivity index (χ1) is 14.2. The minimum atomic E-state index is 0.750. The first kappa shape index (κ1) is 21.5. The van der Waals surface area contributed by atoms with Gasteiger partial charge in [0.2, 0.25) is 0 Å². The summed E-state index contributed by atoms with van der Waals surface area (Å²) in [4.78, 5) is 11.4. The number of ether oxygens (including phenoxy) is 1. The van der Waals surface area contributed by atoms with E-state index in [1.54, 1.807) is 0 Å². The lowest BCUT2D eigenvalue weighted by Gasteiger charge is -2.37. The van der Waals surface area contributed by atoms with Gasteiger partial charge in [-0.05, 0) is 55.7 Å². The van der Waals surface area contributed by atoms with Crippen LogP contribution in [0.15, 0.2) is 46.8 Å². The summed E-state index contributed by atoms with van der Waals surface area (Å²) in [6, 6.07) is 12.7. The molecule has 1 aliphatic rings. The summed E-state index contributed by atoms with van der Waals surface area (Å²) in [5.74, 6) is 1.90. The van der Waals surface area contributed by atoms with Crippen LogP contribution in [0.2, 0.25) is 0 Å². The van der Waals surface area contributed by atoms with E-state index >= 15 is 0 Å². The van der Waals surface area contributed by atoms with Gasteiger partial charge < -0.3 is 24.8 Å². The van der Waals surface area contributed by atoms with Gasteiger partial charge in [0.15, 0.2) is 5.96 Å². The SMILES string of the molecule is CN=C(NCc1ccc(OCCCN(C)C)cc1)N1CCN(c2cccs2)CC1. The normalized spacial score (nSPS) is 15.1. The fourth-order valence-electron chi connectivity index (χ4n) is 3.38. The number of hydrogen-bond donors (Lipinski definition) is 1. The number of nitrogens with one attached hydrogen (secondary N) is 1. The first-order valence-electron chi connectivity index (χ1n) is 10.3. The van der Waals surface area contributed by atoms with Gasteiger partial charge in [-0.15, -0.1) is 11.3 Å². The molecular weight excluding hydrogens is 382 g/mol. The average molecular weight is 416 g/mol. The molecule has 1 saturated heterocycles. The van der Waals surface area contributed by atoms with Crippen molar-refractivity contribution >= 4 is 22.3 Å². The summed E-state index contributed by atoms with van der Waals surface area (Å²) in [5, 5.41) is 7.00. The van der Waals surface area contributed by atoms with Crippen LogP contribution in [0.5, 0.6) is 5.75 Å². The Balaban J connectivity index is 1.41. The maximum absolute atomic E-state index is 5.81. The van der Waals surface area contributed by atoms with Gasteiger partial charge in [-0.2, -0.15) is 0 Å². The van der Waals surface area contributed by atoms with Crippen LogP contribution in [0, 0.1) is 0 Å². The molecule has 0 amide bonds. The zero-order valence-electron chi connectivity index (χ0n) is 17.8. The fraction of sp³-hybridized carbons (Fsp3) is 0.500. The molecule has 1 fully saturated rings. The second kappa shape index (κ2) is 11.1. The number of hydrogen-bond acceptors (Lipinski definition) is 5. The summed E-state index contributed by atoms with van der Waals surface area (Å²) < 4.78 is 5.81. The van der Waals surface area contributed by atoms with Crippen LogP contribution < -0.4 is 15.0 Å². The lowest BCUT2D eigenvalue weighted by atomic mass is 10.2. The summed E-state index contributed by atoms with van der Waals surface area (Å²) in [7, 11) is 6.03. The Morgan fingerprint density at radius 1 is 1.14 bits per heavy atom. The molecule has 6 nitrogen and oxygen atoms in total. The van der Waals surface area contributed by atoms with Crippen molar-refractivity contribution < 1.29 is 4.74 Å². The van der Waals surface area contributed by atoms with Crippen molar-refractivity contribution in [3.8, 4) is 5.75 Å². The van der Waals surface area contributed by atoms with E-state index in [9.17, 15) is 0 Å². The molecule has 7 heteroatoms. The van der Waals surface area contributed by atoms with Gasteiger partial charge in [0, 0.05) is 46.3 Å². The van der Waals surface area contributed by atoms with E-state index in [-0.39, 0.29) is 0 Å². The molecule has 0 bridgehead atoms. The Morgan fingerprint density at radius 2 is 1.90 bits per heavy atom. The van der Waals surface area contributed by atoms with Crippen LogP contribution in [0.1, 0.15) is 12.0 Å². The molecule has 0 atom stereocenters. The Labute approximate surface area is 178 Å². The van der Waals surface area contributed by atoms with Gasteiger partial charge in [-0.1, -0.05) is 12.1 Å². The van der Waals surface area contributed by atoms with E-state index in [0.29, 0.717) is 0 Å². The third-order valence-electron chi connectivity index (χ3n) is 5.00. The standard InChI is InChI=1S/C22H33N5OS/c1-23-22(27-14-12-26(13-15-27)21-6-4-17-29-21)24-18-19-7-9-20(10-8-19)28-16-5-11-25(2)3/h4,6-10,17H,5,11-16,18H2,1-3H3,(H,23,24). The van der Waals surface area contributed by atoms with E-state index < -0.39 is 0 Å². The predicted molar refractivity (Wildman–Crippen MR) is 123 cm³/mol. The number of rotatable bonds is 8. The molecule has 1 aromatic carbocycles. The maximum atomic E-state index is 5.81. The molecule has 0 radical (unpaired) electrons. The smallest absolute Gasteiger partial charge is 0.194 e. The molecule has 1 aromatic heterocycles. The molecule has 2 aromatic rings. The van der Waals surface area contributed by atoms with Crippen LogP contribution >= 0.6 is 11.3 Å². The molecule has 158 valence electrons. The highest BCUT2D eigenvalue weighted by Crippen LogP contribution is 2.22. The Kier molecular flexibility index (Phi) is 8.19. The molecule has 1 aliphatic heterocycles. The minimum absolute atomic E-state index is 0.750. The van der Waals surface area contributed by atoms with Gasteiger partial charge in [0.1, 0.15) is 5.75 Å². The number of nitrogens with zero attached hydrogens (tertiary/aromatic N) is 4. The van der Waals surface area contributed by atoms with Crippen molar-refractivity contribution in [2.75, 3.05) is 65.4 Å². The van der Waals surface area contributed by atoms with Crippen molar-refractivity contribution in [3.63, 3.8) is 0 Å². The predicted octanol–water partition coefficient (Wildman–Crippen LogP) is 2.98. The zero-order valence-corrected chi connectivity index (χ0v) is 18.6. The van der Waals surface area contributed by atoms with Gasteiger partial charge in [0.25, 0.3) is 0 Å². The van der Waals surface area contributed by atoms with E-state index in [1.165, 1.54) is 10.6 Å². The molecule has 2 heterocycles. The van der Waals surface area contributed by atoms with Crippen molar-refractivity contribution in [1.29, 1.82) is 0 Å². The van der Waals surface area contributed by atoms with Crippen LogP contribution in [0.4, 0.5) is 5.00 Å². The van der Waals surface area contributed by atoms with Gasteiger partial charge >= 0.3 is 0 Å². The number of aliphatic imine (C=N–C) groups is 1. The molecule has 0 aliphatic carbocycles. The minimum Gasteiger partial charge on any atom is -0.494 e. The highest BCUT2D eigenvalue weighted by atomic mass is 32.1. The third-order valence-corrected chi connectivity index (χ3v) is 5.93. The number of thiophene rings is 1. The van der Waals surface area contributed by atoms with E-state index in [2.05, 4.69) is 80.9 Å². The van der Waals surface area contributed by atoms with Crippen LogP contribution in [-0.4, -0.2) is 76.2 Å². The summed E-state index contributed by atoms with van der Waals surface area (Å²) in [6.07, 6.45) is 1.03. The van der Waals surface area contributed by atoms with E-state index in [4.69, 9.17) is 4.74 Å². The Bertz CT molecular complexity index is 737. The third kappa shape index (κ3) is 6.65. The first-order valence-corrected chi connectivity index (χ1v) is 11.1. The second-order valence-corrected chi connectivity index (χ2v) is 8.40. The van der Waals surface area contributed by atoms with Crippen molar-refractivity contribution in [2.24, 2.45) is 4.99 Å². The van der Waals surface area contributed by atoms with Gasteiger partial charge in [-0.25, -0.2) is 0 Å². The lowest BCUT2D eigenvalue weighted by Crippen LogP contribution is -2.52. The topological polar surface area (TPSA) is 43.3 Å². The number of anilines is 1. The summed E-state index contributed by atoms with van der Waals surface area (Å²) in [6.45, 7) is 6.58. The van der Waals surface area contributed by atoms with E-state index in [1.807, 2.05) is 18.4 Å². The largest absolute Gasteiger partial charge is 0.494 e. The van der Waals surface area contributed by atoms with Crippen LogP contribution in [0.25, 0.3) is 0 Å². The summed E-state index contributed by atoms with van der Waals surface area (Å²) >= 11 is 1.81. The quantitative estimate of drug-likeness (QED) is 0.408. The monoisotopic (exact) mass is 415 g/mol. The van der Waals surface area contributed by atoms with Gasteiger partial charge in [-0.3, -0.25) is 4.99 Å². The fourth-order valence-corrected chi connectivity index (χ4v) is 4.16. The average Bonchev–Trinajstić information content (AvgIpc) is 3.28. The Morgan fingerprint density at radius 3 is 2.52 bits per heavy atom. The van der Waals surface area contributed by atoms with E-state index in [0.717, 1.165) is 64.0 Å². The highest BCUT2D eigenvalue weighted by molar-refractivity contribution is 7.14. The molecule has 29 heavy (non-hydrogen) atoms. The molecule has 0 unspecified atom stereocenters. The molecule has 0 spiro atoms. The molecule has 0 saturated carbocycles. The summed E-state index contributed by atoms with van der Waals surface area (Å²) in [5.41, 5.74) is 1.23. The van der Waals surface area contributed by atoms with Crippen molar-refractivity contribution in [3.05, 3.63) is 47.3 Å². The van der Waals surface area contributed by atoms with Crippen molar-refractivity contribution in [2.45, 2.75) is 13.0 Å². The number of guanidine groups is 1. The van der Waals surface area contributed by atoms with Crippen LogP contribution in [0.3, 0.4) is 0 Å². The van der Waals surface area contributed by atoms with Gasteiger partial charge in [0.05, 0.1) is 11.6 Å².